The van der Waals surface area contributed by atoms with E-state index in [4.69, 9.17) is 4.74 Å². The molecule has 0 aliphatic heterocycles. The number of aromatic nitrogens is 2. The Labute approximate surface area is 153 Å². The zero-order chi connectivity index (χ0) is 18.4. The van der Waals surface area contributed by atoms with Crippen molar-refractivity contribution in [2.75, 3.05) is 11.9 Å². The van der Waals surface area contributed by atoms with Crippen LogP contribution in [0.15, 0.2) is 66.9 Å². The highest BCUT2D eigenvalue weighted by Crippen LogP contribution is 2.21. The van der Waals surface area contributed by atoms with Gasteiger partial charge in [-0.25, -0.2) is 4.68 Å². The van der Waals surface area contributed by atoms with Crippen LogP contribution in [0.4, 0.5) is 5.82 Å². The largest absolute Gasteiger partial charge is 0.483 e. The number of para-hydroxylation sites is 1. The summed E-state index contributed by atoms with van der Waals surface area (Å²) in [5, 5.41) is 7.06. The van der Waals surface area contributed by atoms with Crippen LogP contribution in [-0.2, 0) is 11.2 Å². The van der Waals surface area contributed by atoms with Gasteiger partial charge in [-0.1, -0.05) is 48.5 Å². The third kappa shape index (κ3) is 4.51. The lowest BCUT2D eigenvalue weighted by atomic mass is 10.0. The molecule has 0 bridgehead atoms. The summed E-state index contributed by atoms with van der Waals surface area (Å²) in [6, 6.07) is 20.0. The van der Waals surface area contributed by atoms with Crippen LogP contribution in [0.5, 0.6) is 5.75 Å². The van der Waals surface area contributed by atoms with Crippen LogP contribution in [0.2, 0.25) is 0 Å². The highest BCUT2D eigenvalue weighted by molar-refractivity contribution is 5.91. The summed E-state index contributed by atoms with van der Waals surface area (Å²) in [6.45, 7) is 3.98. The molecule has 0 aliphatic rings. The Hall–Kier alpha value is -3.08. The first kappa shape index (κ1) is 17.7. The zero-order valence-electron chi connectivity index (χ0n) is 15.1. The predicted molar refractivity (Wildman–Crippen MR) is 102 cm³/mol. The minimum absolute atomic E-state index is 0.0465. The van der Waals surface area contributed by atoms with Crippen LogP contribution in [0, 0.1) is 0 Å². The van der Waals surface area contributed by atoms with Crippen molar-refractivity contribution in [3.05, 3.63) is 78.0 Å². The van der Waals surface area contributed by atoms with Gasteiger partial charge in [0.2, 0.25) is 0 Å². The van der Waals surface area contributed by atoms with Crippen LogP contribution in [0.25, 0.3) is 0 Å². The molecule has 0 radical (unpaired) electrons. The smallest absolute Gasteiger partial charge is 0.263 e. The van der Waals surface area contributed by atoms with Crippen molar-refractivity contribution in [1.82, 2.24) is 9.78 Å². The number of carbonyl (C=O) groups excluding carboxylic acids is 1. The van der Waals surface area contributed by atoms with Crippen molar-refractivity contribution in [1.29, 1.82) is 0 Å². The van der Waals surface area contributed by atoms with Crippen molar-refractivity contribution in [3.8, 4) is 5.75 Å². The quantitative estimate of drug-likeness (QED) is 0.699. The molecule has 5 heteroatoms. The Morgan fingerprint density at radius 2 is 1.81 bits per heavy atom. The van der Waals surface area contributed by atoms with Gasteiger partial charge in [-0.15, -0.1) is 0 Å². The topological polar surface area (TPSA) is 56.2 Å². The van der Waals surface area contributed by atoms with Gasteiger partial charge in [0.15, 0.2) is 6.61 Å². The van der Waals surface area contributed by atoms with Gasteiger partial charge in [0.25, 0.3) is 5.91 Å². The van der Waals surface area contributed by atoms with Gasteiger partial charge in [-0.3, -0.25) is 4.79 Å². The average molecular weight is 349 g/mol. The minimum Gasteiger partial charge on any atom is -0.483 e. The predicted octanol–water partition coefficient (Wildman–Crippen LogP) is 4.07. The summed E-state index contributed by atoms with van der Waals surface area (Å²) < 4.78 is 7.54. The minimum atomic E-state index is -0.207. The van der Waals surface area contributed by atoms with E-state index in [2.05, 4.69) is 22.5 Å². The van der Waals surface area contributed by atoms with E-state index in [0.717, 1.165) is 17.7 Å². The highest BCUT2D eigenvalue weighted by Gasteiger charge is 2.11. The molecule has 26 heavy (non-hydrogen) atoms. The highest BCUT2D eigenvalue weighted by atomic mass is 16.5. The van der Waals surface area contributed by atoms with Crippen molar-refractivity contribution >= 4 is 11.7 Å². The van der Waals surface area contributed by atoms with Crippen LogP contribution in [0.3, 0.4) is 0 Å². The molecule has 3 aromatic rings. The number of benzene rings is 2. The van der Waals surface area contributed by atoms with Gasteiger partial charge in [-0.05, 0) is 31.0 Å². The Morgan fingerprint density at radius 3 is 2.58 bits per heavy atom. The fourth-order valence-electron chi connectivity index (χ4n) is 2.75. The van der Waals surface area contributed by atoms with Gasteiger partial charge in [0, 0.05) is 18.5 Å². The lowest BCUT2D eigenvalue weighted by Gasteiger charge is -2.13. The summed E-state index contributed by atoms with van der Waals surface area (Å²) >= 11 is 0. The Bertz CT molecular complexity index is 856. The number of anilines is 1. The maximum Gasteiger partial charge on any atom is 0.263 e. The van der Waals surface area contributed by atoms with E-state index < -0.39 is 0 Å². The molecule has 0 saturated carbocycles. The fourth-order valence-corrected chi connectivity index (χ4v) is 2.75. The number of hydrogen-bond donors (Lipinski definition) is 1. The van der Waals surface area contributed by atoms with Gasteiger partial charge >= 0.3 is 0 Å². The summed E-state index contributed by atoms with van der Waals surface area (Å²) in [7, 11) is 0. The van der Waals surface area contributed by atoms with E-state index in [0.29, 0.717) is 5.82 Å². The monoisotopic (exact) mass is 349 g/mol. The van der Waals surface area contributed by atoms with Crippen LogP contribution in [0.1, 0.15) is 31.0 Å². The molecule has 0 saturated heterocycles. The molecular formula is C21H23N3O2. The molecule has 1 heterocycles. The Balaban J connectivity index is 1.62. The molecular weight excluding hydrogens is 326 g/mol. The van der Waals surface area contributed by atoms with Gasteiger partial charge in [0.1, 0.15) is 11.6 Å². The number of nitrogens with one attached hydrogen (secondary N) is 1. The molecule has 5 nitrogen and oxygen atoms in total. The van der Waals surface area contributed by atoms with Gasteiger partial charge in [-0.2, -0.15) is 5.10 Å². The number of amides is 1. The summed E-state index contributed by atoms with van der Waals surface area (Å²) in [4.78, 5) is 12.3. The number of nitrogens with zero attached hydrogens (tertiary/aromatic N) is 2. The molecule has 1 amide bonds. The Kier molecular flexibility index (Phi) is 5.69. The number of ether oxygens (including phenoxy) is 1. The molecule has 0 aliphatic carbocycles. The van der Waals surface area contributed by atoms with Gasteiger partial charge < -0.3 is 10.1 Å². The molecule has 0 atom stereocenters. The van der Waals surface area contributed by atoms with Crippen molar-refractivity contribution in [2.24, 2.45) is 0 Å². The van der Waals surface area contributed by atoms with Crippen LogP contribution < -0.4 is 10.1 Å². The second-order valence-corrected chi connectivity index (χ2v) is 6.36. The third-order valence-corrected chi connectivity index (χ3v) is 4.00. The maximum absolute atomic E-state index is 12.3. The van der Waals surface area contributed by atoms with Crippen molar-refractivity contribution < 1.29 is 9.53 Å². The van der Waals surface area contributed by atoms with Crippen molar-refractivity contribution in [2.45, 2.75) is 26.3 Å². The number of rotatable bonds is 7. The van der Waals surface area contributed by atoms with E-state index in [9.17, 15) is 4.79 Å². The molecule has 0 unspecified atom stereocenters. The first-order valence-corrected chi connectivity index (χ1v) is 8.71. The summed E-state index contributed by atoms with van der Waals surface area (Å²) in [6.07, 6.45) is 2.43. The van der Waals surface area contributed by atoms with E-state index in [1.54, 1.807) is 16.9 Å². The average Bonchev–Trinajstić information content (AvgIpc) is 3.10. The molecule has 0 spiro atoms. The van der Waals surface area contributed by atoms with E-state index in [1.807, 2.05) is 56.3 Å². The van der Waals surface area contributed by atoms with Gasteiger partial charge in [0.05, 0.1) is 6.20 Å². The molecule has 1 N–H and O–H groups in total. The molecule has 1 aromatic heterocycles. The van der Waals surface area contributed by atoms with Crippen LogP contribution >= 0.6 is 0 Å². The lowest BCUT2D eigenvalue weighted by molar-refractivity contribution is -0.118. The zero-order valence-corrected chi connectivity index (χ0v) is 15.1. The molecule has 3 rings (SSSR count). The van der Waals surface area contributed by atoms with Crippen LogP contribution in [-0.4, -0.2) is 22.3 Å². The molecule has 2 aromatic carbocycles. The first-order valence-electron chi connectivity index (χ1n) is 8.71. The van der Waals surface area contributed by atoms with E-state index in [1.165, 1.54) is 5.56 Å². The number of carbonyl (C=O) groups is 1. The normalized spacial score (nSPS) is 10.7. The number of hydrogen-bond acceptors (Lipinski definition) is 3. The lowest BCUT2D eigenvalue weighted by Crippen LogP contribution is -2.22. The SMILES string of the molecule is CC(C)n1nccc1NC(=O)COc1ccccc1Cc1ccccc1. The first-order chi connectivity index (χ1) is 12.6. The van der Waals surface area contributed by atoms with E-state index >= 15 is 0 Å². The Morgan fingerprint density at radius 1 is 1.08 bits per heavy atom. The third-order valence-electron chi connectivity index (χ3n) is 4.00. The second-order valence-electron chi connectivity index (χ2n) is 6.36. The fraction of sp³-hybridized carbons (Fsp3) is 0.238. The molecule has 0 fully saturated rings. The van der Waals surface area contributed by atoms with Crippen molar-refractivity contribution in [3.63, 3.8) is 0 Å². The second kappa shape index (κ2) is 8.34. The summed E-state index contributed by atoms with van der Waals surface area (Å²) in [5.41, 5.74) is 2.26. The van der Waals surface area contributed by atoms with E-state index in [-0.39, 0.29) is 18.6 Å². The standard InChI is InChI=1S/C21H23N3O2/c1-16(2)24-20(12-13-22-24)23-21(25)15-26-19-11-7-6-10-18(19)14-17-8-4-3-5-9-17/h3-13,16H,14-15H2,1-2H3,(H,23,25). The maximum atomic E-state index is 12.3. The summed E-state index contributed by atoms with van der Waals surface area (Å²) in [5.74, 6) is 1.19. The molecule has 134 valence electrons.